The average Bonchev–Trinajstić information content (AvgIpc) is 3.35. The molecule has 0 N–H and O–H groups in total. The van der Waals surface area contributed by atoms with Gasteiger partial charge in [-0.1, -0.05) is 0 Å². The molecule has 0 aromatic carbocycles. The Labute approximate surface area is 138 Å². The van der Waals surface area contributed by atoms with Gasteiger partial charge in [-0.05, 0) is 30.3 Å². The summed E-state index contributed by atoms with van der Waals surface area (Å²) in [6.45, 7) is 2.56. The lowest BCUT2D eigenvalue weighted by Gasteiger charge is -2.34. The molecule has 4 heterocycles. The van der Waals surface area contributed by atoms with Crippen LogP contribution in [0.3, 0.4) is 0 Å². The number of anilines is 1. The topological polar surface area (TPSA) is 75.6 Å². The van der Waals surface area contributed by atoms with E-state index in [0.717, 1.165) is 5.69 Å². The minimum Gasteiger partial charge on any atom is -0.463 e. The molecule has 0 atom stereocenters. The number of carbonyl (C=O) groups is 1. The predicted molar refractivity (Wildman–Crippen MR) is 86.6 cm³/mol. The lowest BCUT2D eigenvalue weighted by atomic mass is 10.3. The molecule has 3 aromatic rings. The van der Waals surface area contributed by atoms with Crippen molar-refractivity contribution >= 4 is 11.9 Å². The molecule has 1 aliphatic rings. The average molecular weight is 324 g/mol. The molecule has 0 unspecified atom stereocenters. The van der Waals surface area contributed by atoms with Gasteiger partial charge in [0.25, 0.3) is 5.91 Å². The van der Waals surface area contributed by atoms with Crippen molar-refractivity contribution in [1.82, 2.24) is 14.9 Å². The molecule has 7 heteroatoms. The molecule has 0 spiro atoms. The molecule has 0 radical (unpaired) electrons. The minimum absolute atomic E-state index is 0.0788. The van der Waals surface area contributed by atoms with E-state index in [2.05, 4.69) is 14.9 Å². The van der Waals surface area contributed by atoms with Gasteiger partial charge in [0.15, 0.2) is 11.5 Å². The smallest absolute Gasteiger partial charge is 0.289 e. The van der Waals surface area contributed by atoms with Crippen LogP contribution >= 0.6 is 0 Å². The van der Waals surface area contributed by atoms with Gasteiger partial charge in [-0.25, -0.2) is 9.97 Å². The van der Waals surface area contributed by atoms with Gasteiger partial charge in [0.05, 0.1) is 12.5 Å². The van der Waals surface area contributed by atoms with Gasteiger partial charge in [0.1, 0.15) is 5.69 Å². The molecule has 0 aliphatic carbocycles. The van der Waals surface area contributed by atoms with Crippen LogP contribution in [0.5, 0.6) is 0 Å². The van der Waals surface area contributed by atoms with Crippen molar-refractivity contribution in [2.75, 3.05) is 31.1 Å². The molecule has 4 rings (SSSR count). The number of nitrogens with zero attached hydrogens (tertiary/aromatic N) is 4. The van der Waals surface area contributed by atoms with Crippen molar-refractivity contribution in [2.24, 2.45) is 0 Å². The number of carbonyl (C=O) groups excluding carboxylic acids is 1. The fourth-order valence-corrected chi connectivity index (χ4v) is 2.73. The zero-order valence-corrected chi connectivity index (χ0v) is 13.0. The highest BCUT2D eigenvalue weighted by molar-refractivity contribution is 5.91. The first-order chi connectivity index (χ1) is 11.8. The third kappa shape index (κ3) is 2.76. The Hall–Kier alpha value is -3.09. The maximum atomic E-state index is 12.3. The van der Waals surface area contributed by atoms with E-state index < -0.39 is 0 Å². The Morgan fingerprint density at radius 2 is 1.79 bits per heavy atom. The lowest BCUT2D eigenvalue weighted by molar-refractivity contribution is 0.0714. The molecule has 1 aliphatic heterocycles. The number of piperazine rings is 1. The monoisotopic (exact) mass is 324 g/mol. The van der Waals surface area contributed by atoms with Crippen LogP contribution < -0.4 is 4.90 Å². The van der Waals surface area contributed by atoms with Crippen LogP contribution in [0.4, 0.5) is 5.95 Å². The quantitative estimate of drug-likeness (QED) is 0.736. The van der Waals surface area contributed by atoms with Crippen LogP contribution in [-0.2, 0) is 0 Å². The molecule has 0 bridgehead atoms. The number of aromatic nitrogens is 2. The van der Waals surface area contributed by atoms with E-state index in [0.29, 0.717) is 43.6 Å². The molecular formula is C17H16N4O3. The first kappa shape index (κ1) is 14.5. The standard InChI is InChI=1S/C17H16N4O3/c22-16(15-4-2-12-24-15)20-7-9-21(10-8-20)17-18-6-5-13(19-17)14-3-1-11-23-14/h1-6,11-12H,7-10H2. The van der Waals surface area contributed by atoms with E-state index in [1.54, 1.807) is 29.5 Å². The Bertz CT molecular complexity index is 806. The fourth-order valence-electron chi connectivity index (χ4n) is 2.73. The van der Waals surface area contributed by atoms with Crippen LogP contribution in [0, 0.1) is 0 Å². The van der Waals surface area contributed by atoms with Crippen molar-refractivity contribution in [2.45, 2.75) is 0 Å². The number of furan rings is 2. The second-order valence-corrected chi connectivity index (χ2v) is 5.48. The van der Waals surface area contributed by atoms with Gasteiger partial charge >= 0.3 is 0 Å². The van der Waals surface area contributed by atoms with Crippen LogP contribution in [0.15, 0.2) is 57.9 Å². The van der Waals surface area contributed by atoms with Crippen LogP contribution in [0.1, 0.15) is 10.6 Å². The highest BCUT2D eigenvalue weighted by Crippen LogP contribution is 2.20. The lowest BCUT2D eigenvalue weighted by Crippen LogP contribution is -2.49. The Morgan fingerprint density at radius 1 is 1.00 bits per heavy atom. The minimum atomic E-state index is -0.0788. The van der Waals surface area contributed by atoms with Crippen LogP contribution in [0.25, 0.3) is 11.5 Å². The van der Waals surface area contributed by atoms with Gasteiger partial charge in [0.2, 0.25) is 5.95 Å². The van der Waals surface area contributed by atoms with E-state index in [1.807, 2.05) is 18.2 Å². The summed E-state index contributed by atoms with van der Waals surface area (Å²) in [5.41, 5.74) is 0.749. The van der Waals surface area contributed by atoms with Gasteiger partial charge < -0.3 is 18.6 Å². The summed E-state index contributed by atoms with van der Waals surface area (Å²) in [4.78, 5) is 25.0. The summed E-state index contributed by atoms with van der Waals surface area (Å²) in [6.07, 6.45) is 4.86. The fraction of sp³-hybridized carbons (Fsp3) is 0.235. The molecule has 122 valence electrons. The summed E-state index contributed by atoms with van der Waals surface area (Å²) >= 11 is 0. The summed E-state index contributed by atoms with van der Waals surface area (Å²) in [6, 6.07) is 8.92. The van der Waals surface area contributed by atoms with Crippen LogP contribution in [-0.4, -0.2) is 47.0 Å². The molecule has 24 heavy (non-hydrogen) atoms. The number of rotatable bonds is 3. The second kappa shape index (κ2) is 6.19. The number of hydrogen-bond donors (Lipinski definition) is 0. The third-order valence-corrected chi connectivity index (χ3v) is 4.00. The molecule has 1 amide bonds. The molecule has 0 saturated carbocycles. The molecular weight excluding hydrogens is 308 g/mol. The molecule has 1 saturated heterocycles. The third-order valence-electron chi connectivity index (χ3n) is 4.00. The normalized spacial score (nSPS) is 14.8. The van der Waals surface area contributed by atoms with E-state index in [4.69, 9.17) is 8.83 Å². The molecule has 3 aromatic heterocycles. The van der Waals surface area contributed by atoms with Crippen molar-refractivity contribution in [3.05, 3.63) is 54.8 Å². The first-order valence-corrected chi connectivity index (χ1v) is 7.76. The Balaban J connectivity index is 1.44. The van der Waals surface area contributed by atoms with Gasteiger partial charge in [0, 0.05) is 32.4 Å². The Kier molecular flexibility index (Phi) is 3.74. The summed E-state index contributed by atoms with van der Waals surface area (Å²) in [5, 5.41) is 0. The predicted octanol–water partition coefficient (Wildman–Crippen LogP) is 2.29. The summed E-state index contributed by atoms with van der Waals surface area (Å²) in [5.74, 6) is 1.66. The number of hydrogen-bond acceptors (Lipinski definition) is 6. The summed E-state index contributed by atoms with van der Waals surface area (Å²) < 4.78 is 10.6. The maximum Gasteiger partial charge on any atom is 0.289 e. The zero-order chi connectivity index (χ0) is 16.4. The van der Waals surface area contributed by atoms with Crippen molar-refractivity contribution < 1.29 is 13.6 Å². The first-order valence-electron chi connectivity index (χ1n) is 7.76. The molecule has 1 fully saturated rings. The number of amides is 1. The van der Waals surface area contributed by atoms with Gasteiger partial charge in [-0.15, -0.1) is 0 Å². The van der Waals surface area contributed by atoms with Gasteiger partial charge in [-0.2, -0.15) is 0 Å². The van der Waals surface area contributed by atoms with Gasteiger partial charge in [-0.3, -0.25) is 4.79 Å². The highest BCUT2D eigenvalue weighted by atomic mass is 16.3. The SMILES string of the molecule is O=C(c1ccco1)N1CCN(c2nccc(-c3ccco3)n2)CC1. The van der Waals surface area contributed by atoms with E-state index in [1.165, 1.54) is 6.26 Å². The largest absolute Gasteiger partial charge is 0.463 e. The Morgan fingerprint density at radius 3 is 2.50 bits per heavy atom. The highest BCUT2D eigenvalue weighted by Gasteiger charge is 2.25. The maximum absolute atomic E-state index is 12.3. The van der Waals surface area contributed by atoms with Crippen molar-refractivity contribution in [1.29, 1.82) is 0 Å². The zero-order valence-electron chi connectivity index (χ0n) is 13.0. The van der Waals surface area contributed by atoms with Crippen molar-refractivity contribution in [3.8, 4) is 11.5 Å². The van der Waals surface area contributed by atoms with E-state index in [9.17, 15) is 4.79 Å². The second-order valence-electron chi connectivity index (χ2n) is 5.48. The van der Waals surface area contributed by atoms with Crippen LogP contribution in [0.2, 0.25) is 0 Å². The van der Waals surface area contributed by atoms with E-state index in [-0.39, 0.29) is 5.91 Å². The summed E-state index contributed by atoms with van der Waals surface area (Å²) in [7, 11) is 0. The van der Waals surface area contributed by atoms with Crippen molar-refractivity contribution in [3.63, 3.8) is 0 Å². The molecule has 7 nitrogen and oxygen atoms in total. The van der Waals surface area contributed by atoms with E-state index >= 15 is 0 Å².